The summed E-state index contributed by atoms with van der Waals surface area (Å²) in [7, 11) is 1.66. The Balaban J connectivity index is 1.65. The lowest BCUT2D eigenvalue weighted by Crippen LogP contribution is -2.49. The van der Waals surface area contributed by atoms with Gasteiger partial charge in [-0.25, -0.2) is 0 Å². The molecule has 0 unspecified atom stereocenters. The molecule has 0 radical (unpaired) electrons. The summed E-state index contributed by atoms with van der Waals surface area (Å²) in [5.74, 6) is 2.99. The van der Waals surface area contributed by atoms with Crippen LogP contribution in [0.15, 0.2) is 12.1 Å². The highest BCUT2D eigenvalue weighted by Gasteiger charge is 2.59. The summed E-state index contributed by atoms with van der Waals surface area (Å²) in [6.45, 7) is 4.73. The van der Waals surface area contributed by atoms with Gasteiger partial charge >= 0.3 is 0 Å². The van der Waals surface area contributed by atoms with E-state index in [0.717, 1.165) is 30.9 Å². The molecule has 2 fully saturated rings. The molecule has 0 spiro atoms. The highest BCUT2D eigenvalue weighted by atomic mass is 127. The lowest BCUT2D eigenvalue weighted by molar-refractivity contribution is -0.0901. The van der Waals surface area contributed by atoms with Gasteiger partial charge in [-0.05, 0) is 114 Å². The summed E-state index contributed by atoms with van der Waals surface area (Å²) in [6.07, 6.45) is 6.88. The van der Waals surface area contributed by atoms with Crippen LogP contribution in [0.3, 0.4) is 0 Å². The second kappa shape index (κ2) is 6.38. The molecule has 0 heterocycles. The van der Waals surface area contributed by atoms with E-state index in [4.69, 9.17) is 9.47 Å². The van der Waals surface area contributed by atoms with Gasteiger partial charge in [0.25, 0.3) is 0 Å². The average molecular weight is 456 g/mol. The fraction of sp³-hybridized carbons (Fsp3) is 0.714. The van der Waals surface area contributed by atoms with E-state index in [9.17, 15) is 5.11 Å². The normalized spacial score (nSPS) is 39.5. The van der Waals surface area contributed by atoms with E-state index >= 15 is 0 Å². The van der Waals surface area contributed by atoms with Crippen molar-refractivity contribution in [1.82, 2.24) is 0 Å². The quantitative estimate of drug-likeness (QED) is 0.521. The second-order valence-electron chi connectivity index (χ2n) is 8.72. The number of methoxy groups -OCH3 is 1. The molecule has 5 atom stereocenters. The van der Waals surface area contributed by atoms with Gasteiger partial charge in [0.15, 0.2) is 6.79 Å². The molecule has 1 aromatic carbocycles. The molecule has 1 N–H and O–H groups in total. The Bertz CT molecular complexity index is 671. The van der Waals surface area contributed by atoms with Crippen molar-refractivity contribution in [2.45, 2.75) is 63.9 Å². The van der Waals surface area contributed by atoms with Gasteiger partial charge in [-0.2, -0.15) is 0 Å². The van der Waals surface area contributed by atoms with Gasteiger partial charge in [0.1, 0.15) is 5.75 Å². The third kappa shape index (κ3) is 2.74. The molecule has 0 bridgehead atoms. The van der Waals surface area contributed by atoms with Crippen molar-refractivity contribution in [3.05, 3.63) is 26.8 Å². The zero-order valence-corrected chi connectivity index (χ0v) is 17.6. The number of hydrogen-bond donors (Lipinski definition) is 1. The van der Waals surface area contributed by atoms with Gasteiger partial charge in [-0.3, -0.25) is 0 Å². The van der Waals surface area contributed by atoms with E-state index in [1.165, 1.54) is 28.4 Å². The summed E-state index contributed by atoms with van der Waals surface area (Å²) in [5, 5.41) is 11.0. The predicted molar refractivity (Wildman–Crippen MR) is 107 cm³/mol. The van der Waals surface area contributed by atoms with Crippen molar-refractivity contribution in [2.24, 2.45) is 17.3 Å². The molecule has 1 aromatic rings. The Hall–Kier alpha value is -0.330. The lowest BCUT2D eigenvalue weighted by atomic mass is 9.53. The van der Waals surface area contributed by atoms with Crippen molar-refractivity contribution < 1.29 is 14.6 Å². The molecule has 4 rings (SSSR count). The van der Waals surface area contributed by atoms with Crippen molar-refractivity contribution in [3.8, 4) is 5.75 Å². The van der Waals surface area contributed by atoms with E-state index in [-0.39, 0.29) is 5.41 Å². The van der Waals surface area contributed by atoms with Crippen molar-refractivity contribution in [3.63, 3.8) is 0 Å². The Morgan fingerprint density at radius 2 is 2.00 bits per heavy atom. The standard InChI is InChI=1S/C21H29IO3/c1-20-8-6-14-15(17(20)7-9-21(20,2)23)5-4-13-10-19(25-12-24-3)18(22)11-16(13)14/h10-11,14-15,17,23H,4-9,12H2,1-3H3/t14-,15+,17-,20-,21-/m0/s1. The van der Waals surface area contributed by atoms with Crippen LogP contribution in [-0.4, -0.2) is 24.6 Å². The fourth-order valence-electron chi connectivity index (χ4n) is 6.05. The lowest BCUT2D eigenvalue weighted by Gasteiger charge is -2.52. The minimum absolute atomic E-state index is 0.0976. The Morgan fingerprint density at radius 3 is 2.76 bits per heavy atom. The highest BCUT2D eigenvalue weighted by molar-refractivity contribution is 14.1. The molecule has 0 aromatic heterocycles. The Labute approximate surface area is 164 Å². The molecular weight excluding hydrogens is 427 g/mol. The maximum atomic E-state index is 11.0. The average Bonchev–Trinajstić information content (AvgIpc) is 2.83. The van der Waals surface area contributed by atoms with Crippen LogP contribution < -0.4 is 4.74 Å². The van der Waals surface area contributed by atoms with Crippen LogP contribution in [0.5, 0.6) is 5.75 Å². The molecule has 138 valence electrons. The first-order valence-corrected chi connectivity index (χ1v) is 10.6. The van der Waals surface area contributed by atoms with Gasteiger partial charge in [0.2, 0.25) is 0 Å². The number of aliphatic hydroxyl groups is 1. The monoisotopic (exact) mass is 456 g/mol. The molecule has 0 amide bonds. The predicted octanol–water partition coefficient (Wildman–Crippen LogP) is 4.88. The third-order valence-corrected chi connectivity index (χ3v) is 8.51. The van der Waals surface area contributed by atoms with Gasteiger partial charge in [0, 0.05) is 7.11 Å². The van der Waals surface area contributed by atoms with Crippen LogP contribution in [0.4, 0.5) is 0 Å². The van der Waals surface area contributed by atoms with Crippen molar-refractivity contribution in [1.29, 1.82) is 0 Å². The van der Waals surface area contributed by atoms with E-state index in [0.29, 0.717) is 18.6 Å². The summed E-state index contributed by atoms with van der Waals surface area (Å²) >= 11 is 2.39. The zero-order chi connectivity index (χ0) is 17.8. The van der Waals surface area contributed by atoms with E-state index in [1.807, 2.05) is 0 Å². The number of hydrogen-bond acceptors (Lipinski definition) is 3. The number of fused-ring (bicyclic) bond motifs is 5. The summed E-state index contributed by atoms with van der Waals surface area (Å²) < 4.78 is 12.0. The zero-order valence-electron chi connectivity index (χ0n) is 15.5. The van der Waals surface area contributed by atoms with E-state index < -0.39 is 5.60 Å². The van der Waals surface area contributed by atoms with E-state index in [2.05, 4.69) is 48.6 Å². The molecule has 25 heavy (non-hydrogen) atoms. The number of ether oxygens (including phenoxy) is 2. The maximum absolute atomic E-state index is 11.0. The first kappa shape index (κ1) is 18.1. The first-order valence-electron chi connectivity index (χ1n) is 9.54. The molecular formula is C21H29IO3. The van der Waals surface area contributed by atoms with Crippen LogP contribution in [0.25, 0.3) is 0 Å². The molecule has 4 heteroatoms. The molecule has 3 aliphatic carbocycles. The van der Waals surface area contributed by atoms with Gasteiger partial charge < -0.3 is 14.6 Å². The number of benzene rings is 1. The number of rotatable bonds is 3. The smallest absolute Gasteiger partial charge is 0.188 e. The molecule has 2 saturated carbocycles. The minimum atomic E-state index is -0.491. The minimum Gasteiger partial charge on any atom is -0.466 e. The Kier molecular flexibility index (Phi) is 4.61. The molecule has 0 saturated heterocycles. The van der Waals surface area contributed by atoms with Crippen molar-refractivity contribution >= 4 is 22.6 Å². The second-order valence-corrected chi connectivity index (χ2v) is 9.88. The third-order valence-electron chi connectivity index (χ3n) is 7.67. The molecule has 3 aliphatic rings. The molecule has 0 aliphatic heterocycles. The SMILES string of the molecule is COCOc1cc2c(cc1I)[C@H]1CC[C@@]3(C)[C@@H](CC[C@]3(C)O)[C@@H]1CC2. The number of halogens is 1. The largest absolute Gasteiger partial charge is 0.466 e. The van der Waals surface area contributed by atoms with Crippen LogP contribution in [-0.2, 0) is 11.2 Å². The highest BCUT2D eigenvalue weighted by Crippen LogP contribution is 2.64. The summed E-state index contributed by atoms with van der Waals surface area (Å²) in [4.78, 5) is 0. The van der Waals surface area contributed by atoms with Crippen LogP contribution >= 0.6 is 22.6 Å². The van der Waals surface area contributed by atoms with Gasteiger partial charge in [-0.15, -0.1) is 0 Å². The van der Waals surface area contributed by atoms with Gasteiger partial charge in [0.05, 0.1) is 9.17 Å². The van der Waals surface area contributed by atoms with Crippen molar-refractivity contribution in [2.75, 3.05) is 13.9 Å². The van der Waals surface area contributed by atoms with Crippen LogP contribution in [0.1, 0.15) is 63.0 Å². The number of aryl methyl sites for hydroxylation is 1. The topological polar surface area (TPSA) is 38.7 Å². The van der Waals surface area contributed by atoms with Crippen LogP contribution in [0, 0.1) is 20.8 Å². The molecule has 3 nitrogen and oxygen atoms in total. The first-order chi connectivity index (χ1) is 11.9. The maximum Gasteiger partial charge on any atom is 0.188 e. The van der Waals surface area contributed by atoms with E-state index in [1.54, 1.807) is 12.7 Å². The summed E-state index contributed by atoms with van der Waals surface area (Å²) in [5.41, 5.74) is 2.61. The van der Waals surface area contributed by atoms with Crippen LogP contribution in [0.2, 0.25) is 0 Å². The Morgan fingerprint density at radius 1 is 1.20 bits per heavy atom. The van der Waals surface area contributed by atoms with Gasteiger partial charge in [-0.1, -0.05) is 6.92 Å². The fourth-order valence-corrected chi connectivity index (χ4v) is 6.69. The summed E-state index contributed by atoms with van der Waals surface area (Å²) in [6, 6.07) is 4.60.